The molecule has 0 radical (unpaired) electrons. The van der Waals surface area contributed by atoms with Gasteiger partial charge in [-0.1, -0.05) is 41.5 Å². The summed E-state index contributed by atoms with van der Waals surface area (Å²) in [7, 11) is 0. The van der Waals surface area contributed by atoms with Gasteiger partial charge in [0.15, 0.2) is 0 Å². The Kier molecular flexibility index (Phi) is 3.06. The fourth-order valence-electron chi connectivity index (χ4n) is 2.61. The van der Waals surface area contributed by atoms with Gasteiger partial charge < -0.3 is 0 Å². The van der Waals surface area contributed by atoms with Crippen LogP contribution in [0.2, 0.25) is 0 Å². The highest BCUT2D eigenvalue weighted by atomic mass is 14.1. The highest BCUT2D eigenvalue weighted by Gasteiger charge is 2.09. The van der Waals surface area contributed by atoms with Crippen molar-refractivity contribution >= 4 is 0 Å². The molecule has 0 nitrogen and oxygen atoms in total. The van der Waals surface area contributed by atoms with Crippen LogP contribution in [0.5, 0.6) is 0 Å². The Labute approximate surface area is 104 Å². The van der Waals surface area contributed by atoms with E-state index in [0.717, 1.165) is 0 Å². The van der Waals surface area contributed by atoms with E-state index in [1.165, 1.54) is 38.9 Å². The molecular formula is C17H20. The monoisotopic (exact) mass is 224 g/mol. The summed E-state index contributed by atoms with van der Waals surface area (Å²) in [4.78, 5) is 0. The molecule has 2 rings (SSSR count). The van der Waals surface area contributed by atoms with Crippen LogP contribution < -0.4 is 0 Å². The Hall–Kier alpha value is -1.56. The maximum Gasteiger partial charge on any atom is -0.0122 e. The second kappa shape index (κ2) is 4.37. The second-order valence-corrected chi connectivity index (χ2v) is 5.09. The lowest BCUT2D eigenvalue weighted by atomic mass is 9.90. The molecule has 0 heteroatoms. The predicted molar refractivity (Wildman–Crippen MR) is 75.6 cm³/mol. The summed E-state index contributed by atoms with van der Waals surface area (Å²) in [6.45, 7) is 10.9. The van der Waals surface area contributed by atoms with Crippen molar-refractivity contribution in [1.29, 1.82) is 0 Å². The molecule has 2 aromatic rings. The minimum absolute atomic E-state index is 1.32. The zero-order valence-corrected chi connectivity index (χ0v) is 11.4. The first-order chi connectivity index (χ1) is 7.99. The lowest BCUT2D eigenvalue weighted by Gasteiger charge is -2.14. The number of rotatable bonds is 1. The molecule has 2 aromatic carbocycles. The molecule has 0 saturated carbocycles. The summed E-state index contributed by atoms with van der Waals surface area (Å²) in [6, 6.07) is 11.2. The van der Waals surface area contributed by atoms with Crippen LogP contribution in [-0.4, -0.2) is 0 Å². The van der Waals surface area contributed by atoms with E-state index in [1.54, 1.807) is 0 Å². The normalized spacial score (nSPS) is 10.6. The van der Waals surface area contributed by atoms with Gasteiger partial charge in [0, 0.05) is 0 Å². The maximum absolute atomic E-state index is 2.29. The molecule has 0 spiro atoms. The fourth-order valence-corrected chi connectivity index (χ4v) is 2.61. The van der Waals surface area contributed by atoms with Gasteiger partial charge in [-0.3, -0.25) is 0 Å². The molecule has 0 amide bonds. The summed E-state index contributed by atoms with van der Waals surface area (Å²) in [5.74, 6) is 0. The third-order valence-electron chi connectivity index (χ3n) is 3.34. The van der Waals surface area contributed by atoms with Gasteiger partial charge in [-0.2, -0.15) is 0 Å². The molecule has 88 valence electrons. The minimum atomic E-state index is 1.32. The van der Waals surface area contributed by atoms with Gasteiger partial charge >= 0.3 is 0 Å². The van der Waals surface area contributed by atoms with Crippen LogP contribution in [0, 0.1) is 34.6 Å². The van der Waals surface area contributed by atoms with Crippen LogP contribution >= 0.6 is 0 Å². The van der Waals surface area contributed by atoms with Crippen molar-refractivity contribution < 1.29 is 0 Å². The third-order valence-corrected chi connectivity index (χ3v) is 3.34. The van der Waals surface area contributed by atoms with Gasteiger partial charge in [-0.25, -0.2) is 0 Å². The SMILES string of the molecule is Cc1cc(C)c(-c2cc(C)ccc2C)c(C)c1. The molecule has 0 heterocycles. The summed E-state index contributed by atoms with van der Waals surface area (Å²) < 4.78 is 0. The third kappa shape index (κ3) is 2.26. The van der Waals surface area contributed by atoms with Crippen LogP contribution in [0.1, 0.15) is 27.8 Å². The molecule has 0 bridgehead atoms. The molecule has 0 aliphatic carbocycles. The average molecular weight is 224 g/mol. The Balaban J connectivity index is 2.72. The molecule has 0 unspecified atom stereocenters. The number of hydrogen-bond acceptors (Lipinski definition) is 0. The zero-order chi connectivity index (χ0) is 12.6. The first-order valence-electron chi connectivity index (χ1n) is 6.14. The zero-order valence-electron chi connectivity index (χ0n) is 11.4. The average Bonchev–Trinajstić information content (AvgIpc) is 2.21. The summed E-state index contributed by atoms with van der Waals surface area (Å²) in [5, 5.41) is 0. The van der Waals surface area contributed by atoms with Crippen LogP contribution in [0.25, 0.3) is 11.1 Å². The Morgan fingerprint density at radius 3 is 1.76 bits per heavy atom. The van der Waals surface area contributed by atoms with E-state index in [1.807, 2.05) is 0 Å². The van der Waals surface area contributed by atoms with Gasteiger partial charge in [0.25, 0.3) is 0 Å². The topological polar surface area (TPSA) is 0 Å². The summed E-state index contributed by atoms with van der Waals surface area (Å²) >= 11 is 0. The van der Waals surface area contributed by atoms with Crippen LogP contribution in [0.4, 0.5) is 0 Å². The van der Waals surface area contributed by atoms with Crippen LogP contribution in [0.15, 0.2) is 30.3 Å². The lowest BCUT2D eigenvalue weighted by molar-refractivity contribution is 1.30. The fraction of sp³-hybridized carbons (Fsp3) is 0.294. The van der Waals surface area contributed by atoms with Crippen LogP contribution in [-0.2, 0) is 0 Å². The van der Waals surface area contributed by atoms with Crippen LogP contribution in [0.3, 0.4) is 0 Å². The molecule has 0 aliphatic heterocycles. The molecule has 0 aromatic heterocycles. The quantitative estimate of drug-likeness (QED) is 0.646. The maximum atomic E-state index is 2.29. The van der Waals surface area contributed by atoms with E-state index >= 15 is 0 Å². The number of hydrogen-bond donors (Lipinski definition) is 0. The first kappa shape index (κ1) is 11.9. The van der Waals surface area contributed by atoms with Gasteiger partial charge in [-0.15, -0.1) is 0 Å². The lowest BCUT2D eigenvalue weighted by Crippen LogP contribution is -1.93. The molecule has 0 saturated heterocycles. The van der Waals surface area contributed by atoms with Crippen molar-refractivity contribution in [1.82, 2.24) is 0 Å². The van der Waals surface area contributed by atoms with Crippen molar-refractivity contribution in [2.24, 2.45) is 0 Å². The van der Waals surface area contributed by atoms with E-state index < -0.39 is 0 Å². The Morgan fingerprint density at radius 2 is 1.18 bits per heavy atom. The minimum Gasteiger partial charge on any atom is -0.0590 e. The van der Waals surface area contributed by atoms with E-state index in [-0.39, 0.29) is 0 Å². The van der Waals surface area contributed by atoms with Gasteiger partial charge in [0.05, 0.1) is 0 Å². The van der Waals surface area contributed by atoms with Crippen molar-refractivity contribution in [3.8, 4) is 11.1 Å². The van der Waals surface area contributed by atoms with Gasteiger partial charge in [0.2, 0.25) is 0 Å². The standard InChI is InChI=1S/C17H20/c1-11-6-7-13(3)16(10-11)17-14(4)8-12(2)9-15(17)5/h6-10H,1-5H3. The first-order valence-corrected chi connectivity index (χ1v) is 6.14. The Bertz CT molecular complexity index is 539. The molecular weight excluding hydrogens is 204 g/mol. The van der Waals surface area contributed by atoms with E-state index in [2.05, 4.69) is 65.0 Å². The number of aryl methyl sites for hydroxylation is 5. The summed E-state index contributed by atoms with van der Waals surface area (Å²) in [6.07, 6.45) is 0. The molecule has 0 fully saturated rings. The largest absolute Gasteiger partial charge is 0.0590 e. The van der Waals surface area contributed by atoms with E-state index in [0.29, 0.717) is 0 Å². The predicted octanol–water partition coefficient (Wildman–Crippen LogP) is 4.90. The van der Waals surface area contributed by atoms with Crippen molar-refractivity contribution in [3.63, 3.8) is 0 Å². The smallest absolute Gasteiger partial charge is 0.0122 e. The van der Waals surface area contributed by atoms with Crippen molar-refractivity contribution in [2.75, 3.05) is 0 Å². The summed E-state index contributed by atoms with van der Waals surface area (Å²) in [5.41, 5.74) is 9.54. The molecule has 0 N–H and O–H groups in total. The highest BCUT2D eigenvalue weighted by molar-refractivity contribution is 5.74. The second-order valence-electron chi connectivity index (χ2n) is 5.09. The van der Waals surface area contributed by atoms with Gasteiger partial charge in [-0.05, 0) is 62.4 Å². The molecule has 0 atom stereocenters. The number of benzene rings is 2. The van der Waals surface area contributed by atoms with Crippen molar-refractivity contribution in [2.45, 2.75) is 34.6 Å². The Morgan fingerprint density at radius 1 is 0.588 bits per heavy atom. The molecule has 17 heavy (non-hydrogen) atoms. The van der Waals surface area contributed by atoms with E-state index in [9.17, 15) is 0 Å². The van der Waals surface area contributed by atoms with Gasteiger partial charge in [0.1, 0.15) is 0 Å². The molecule has 0 aliphatic rings. The van der Waals surface area contributed by atoms with E-state index in [4.69, 9.17) is 0 Å². The van der Waals surface area contributed by atoms with Crippen molar-refractivity contribution in [3.05, 3.63) is 58.1 Å². The highest BCUT2D eigenvalue weighted by Crippen LogP contribution is 2.31.